The Balaban J connectivity index is 1.71. The predicted octanol–water partition coefficient (Wildman–Crippen LogP) is 3.95. The molecule has 0 saturated carbocycles. The zero-order valence-corrected chi connectivity index (χ0v) is 13.2. The number of nitrogens with zero attached hydrogens (tertiary/aromatic N) is 2. The van der Waals surface area contributed by atoms with Gasteiger partial charge in [0.15, 0.2) is 0 Å². The van der Waals surface area contributed by atoms with Gasteiger partial charge in [0.1, 0.15) is 17.8 Å². The third kappa shape index (κ3) is 4.18. The van der Waals surface area contributed by atoms with E-state index < -0.39 is 17.6 Å². The number of carbonyl (C=O) groups excluding carboxylic acids is 1. The Morgan fingerprint density at radius 1 is 1.12 bits per heavy atom. The molecule has 2 N–H and O–H groups in total. The Bertz CT molecular complexity index is 878. The highest BCUT2D eigenvalue weighted by Crippen LogP contribution is 2.30. The Hall–Kier alpha value is -3.36. The van der Waals surface area contributed by atoms with Gasteiger partial charge in [0.25, 0.3) is 5.91 Å². The van der Waals surface area contributed by atoms with Gasteiger partial charge in [-0.15, -0.1) is 0 Å². The van der Waals surface area contributed by atoms with Crippen LogP contribution < -0.4 is 10.6 Å². The summed E-state index contributed by atoms with van der Waals surface area (Å²) in [6.45, 7) is 0.300. The van der Waals surface area contributed by atoms with Gasteiger partial charge in [-0.1, -0.05) is 5.16 Å². The van der Waals surface area contributed by atoms with Gasteiger partial charge >= 0.3 is 6.18 Å². The molecule has 0 spiro atoms. The molecule has 0 aliphatic carbocycles. The van der Waals surface area contributed by atoms with Gasteiger partial charge in [-0.3, -0.25) is 4.79 Å². The van der Waals surface area contributed by atoms with Gasteiger partial charge in [0, 0.05) is 18.0 Å². The van der Waals surface area contributed by atoms with E-state index in [9.17, 15) is 18.0 Å². The third-order valence-electron chi connectivity index (χ3n) is 3.45. The van der Waals surface area contributed by atoms with Gasteiger partial charge in [-0.05, 0) is 36.4 Å². The third-order valence-corrected chi connectivity index (χ3v) is 3.45. The standard InChI is InChI=1S/C17H13F3N4O2/c18-17(19,20)11-3-5-12(6-4-11)23-16(25)14-2-1-8-21-15(14)22-10-13-7-9-26-24-13/h1-9H,10H2,(H,21,22)(H,23,25). The molecule has 3 rings (SSSR count). The first-order valence-corrected chi connectivity index (χ1v) is 7.50. The highest BCUT2D eigenvalue weighted by atomic mass is 19.4. The first-order valence-electron chi connectivity index (χ1n) is 7.50. The SMILES string of the molecule is O=C(Nc1ccc(C(F)(F)F)cc1)c1cccnc1NCc1ccon1. The van der Waals surface area contributed by atoms with Crippen LogP contribution in [0.1, 0.15) is 21.6 Å². The molecule has 0 atom stereocenters. The Labute approximate surface area is 146 Å². The number of amides is 1. The first kappa shape index (κ1) is 17.5. The molecule has 0 bridgehead atoms. The van der Waals surface area contributed by atoms with Gasteiger partial charge in [-0.25, -0.2) is 4.98 Å². The summed E-state index contributed by atoms with van der Waals surface area (Å²) in [4.78, 5) is 16.5. The van der Waals surface area contributed by atoms with Crippen molar-refractivity contribution in [3.05, 3.63) is 71.7 Å². The number of hydrogen-bond acceptors (Lipinski definition) is 5. The van der Waals surface area contributed by atoms with Crippen molar-refractivity contribution in [2.24, 2.45) is 0 Å². The number of nitrogens with one attached hydrogen (secondary N) is 2. The first-order chi connectivity index (χ1) is 12.4. The van der Waals surface area contributed by atoms with Crippen LogP contribution in [0.4, 0.5) is 24.7 Å². The van der Waals surface area contributed by atoms with Crippen molar-refractivity contribution in [2.75, 3.05) is 10.6 Å². The maximum atomic E-state index is 12.6. The summed E-state index contributed by atoms with van der Waals surface area (Å²) in [6, 6.07) is 9.00. The molecule has 0 fully saturated rings. The van der Waals surface area contributed by atoms with Crippen molar-refractivity contribution in [1.82, 2.24) is 10.1 Å². The van der Waals surface area contributed by atoms with E-state index in [2.05, 4.69) is 20.8 Å². The van der Waals surface area contributed by atoms with Crippen LogP contribution in [0.15, 0.2) is 59.4 Å². The van der Waals surface area contributed by atoms with E-state index in [0.29, 0.717) is 18.1 Å². The summed E-state index contributed by atoms with van der Waals surface area (Å²) in [5.74, 6) is -0.180. The second-order valence-corrected chi connectivity index (χ2v) is 5.27. The minimum Gasteiger partial charge on any atom is -0.364 e. The normalized spacial score (nSPS) is 11.2. The minimum atomic E-state index is -4.43. The molecular weight excluding hydrogens is 349 g/mol. The van der Waals surface area contributed by atoms with Gasteiger partial charge < -0.3 is 15.2 Å². The van der Waals surface area contributed by atoms with Crippen molar-refractivity contribution in [2.45, 2.75) is 12.7 Å². The molecule has 6 nitrogen and oxygen atoms in total. The van der Waals surface area contributed by atoms with Crippen LogP contribution in [0.25, 0.3) is 0 Å². The second-order valence-electron chi connectivity index (χ2n) is 5.27. The fourth-order valence-electron chi connectivity index (χ4n) is 2.17. The van der Waals surface area contributed by atoms with Crippen LogP contribution >= 0.6 is 0 Å². The fraction of sp³-hybridized carbons (Fsp3) is 0.118. The lowest BCUT2D eigenvalue weighted by Gasteiger charge is -2.11. The number of aromatic nitrogens is 2. The molecule has 2 aromatic heterocycles. The summed E-state index contributed by atoms with van der Waals surface area (Å²) in [5.41, 5.74) is 0.335. The second kappa shape index (κ2) is 7.26. The number of pyridine rings is 1. The number of halogens is 3. The van der Waals surface area contributed by atoms with Gasteiger partial charge in [0.05, 0.1) is 17.7 Å². The zero-order valence-electron chi connectivity index (χ0n) is 13.2. The van der Waals surface area contributed by atoms with Crippen LogP contribution in [0.2, 0.25) is 0 Å². The number of benzene rings is 1. The summed E-state index contributed by atoms with van der Waals surface area (Å²) < 4.78 is 42.5. The summed E-state index contributed by atoms with van der Waals surface area (Å²) in [6.07, 6.45) is -1.49. The molecule has 26 heavy (non-hydrogen) atoms. The van der Waals surface area contributed by atoms with Crippen molar-refractivity contribution >= 4 is 17.4 Å². The molecule has 1 aromatic carbocycles. The van der Waals surface area contributed by atoms with E-state index in [1.54, 1.807) is 18.2 Å². The topological polar surface area (TPSA) is 80.0 Å². The van der Waals surface area contributed by atoms with Crippen LogP contribution in [0, 0.1) is 0 Å². The largest absolute Gasteiger partial charge is 0.416 e. The van der Waals surface area contributed by atoms with Gasteiger partial charge in [0.2, 0.25) is 0 Å². The fourth-order valence-corrected chi connectivity index (χ4v) is 2.17. The smallest absolute Gasteiger partial charge is 0.364 e. The molecule has 3 aromatic rings. The Morgan fingerprint density at radius 3 is 2.54 bits per heavy atom. The molecule has 0 aliphatic heterocycles. The zero-order chi connectivity index (χ0) is 18.6. The minimum absolute atomic E-state index is 0.245. The average molecular weight is 362 g/mol. The van der Waals surface area contributed by atoms with E-state index in [4.69, 9.17) is 4.52 Å². The molecule has 0 aliphatic rings. The number of anilines is 2. The molecule has 9 heteroatoms. The predicted molar refractivity (Wildman–Crippen MR) is 87.5 cm³/mol. The van der Waals surface area contributed by atoms with Crippen molar-refractivity contribution in [1.29, 1.82) is 0 Å². The summed E-state index contributed by atoms with van der Waals surface area (Å²) in [7, 11) is 0. The molecule has 0 saturated heterocycles. The van der Waals surface area contributed by atoms with Crippen molar-refractivity contribution in [3.8, 4) is 0 Å². The molecule has 2 heterocycles. The monoisotopic (exact) mass is 362 g/mol. The lowest BCUT2D eigenvalue weighted by molar-refractivity contribution is -0.137. The molecule has 1 amide bonds. The van der Waals surface area contributed by atoms with Crippen LogP contribution in [0.5, 0.6) is 0 Å². The highest BCUT2D eigenvalue weighted by molar-refractivity contribution is 6.07. The molecular formula is C17H13F3N4O2. The summed E-state index contributed by atoms with van der Waals surface area (Å²) in [5, 5.41) is 9.26. The van der Waals surface area contributed by atoms with E-state index in [-0.39, 0.29) is 11.3 Å². The number of carbonyl (C=O) groups is 1. The van der Waals surface area contributed by atoms with Crippen molar-refractivity contribution in [3.63, 3.8) is 0 Å². The average Bonchev–Trinajstić information content (AvgIpc) is 3.13. The van der Waals surface area contributed by atoms with Crippen molar-refractivity contribution < 1.29 is 22.5 Å². The van der Waals surface area contributed by atoms with E-state index in [0.717, 1.165) is 12.1 Å². The molecule has 0 unspecified atom stereocenters. The van der Waals surface area contributed by atoms with Gasteiger partial charge in [-0.2, -0.15) is 13.2 Å². The quantitative estimate of drug-likeness (QED) is 0.718. The Kier molecular flexibility index (Phi) is 4.87. The van der Waals surface area contributed by atoms with E-state index in [1.165, 1.54) is 24.6 Å². The van der Waals surface area contributed by atoms with E-state index in [1.807, 2.05) is 0 Å². The highest BCUT2D eigenvalue weighted by Gasteiger charge is 2.30. The summed E-state index contributed by atoms with van der Waals surface area (Å²) >= 11 is 0. The Morgan fingerprint density at radius 2 is 1.88 bits per heavy atom. The van der Waals surface area contributed by atoms with Crippen LogP contribution in [0.3, 0.4) is 0 Å². The number of alkyl halides is 3. The maximum absolute atomic E-state index is 12.6. The van der Waals surface area contributed by atoms with Crippen LogP contribution in [-0.2, 0) is 12.7 Å². The molecule has 134 valence electrons. The number of rotatable bonds is 5. The van der Waals surface area contributed by atoms with Crippen LogP contribution in [-0.4, -0.2) is 16.0 Å². The lowest BCUT2D eigenvalue weighted by atomic mass is 10.2. The maximum Gasteiger partial charge on any atom is 0.416 e. The number of hydrogen-bond donors (Lipinski definition) is 2. The lowest BCUT2D eigenvalue weighted by Crippen LogP contribution is -2.16. The molecule has 0 radical (unpaired) electrons. The van der Waals surface area contributed by atoms with E-state index >= 15 is 0 Å².